The van der Waals surface area contributed by atoms with Gasteiger partial charge in [0.15, 0.2) is 5.41 Å². The molecule has 0 aliphatic heterocycles. The van der Waals surface area contributed by atoms with Crippen molar-refractivity contribution in [2.75, 3.05) is 6.61 Å². The van der Waals surface area contributed by atoms with Crippen LogP contribution >= 0.6 is 0 Å². The van der Waals surface area contributed by atoms with E-state index in [1.54, 1.807) is 0 Å². The lowest BCUT2D eigenvalue weighted by Gasteiger charge is -2.32. The average molecular weight is 209 g/mol. The summed E-state index contributed by atoms with van der Waals surface area (Å²) in [6, 6.07) is 0. The zero-order valence-electron chi connectivity index (χ0n) is 6.59. The van der Waals surface area contributed by atoms with Gasteiger partial charge in [0, 0.05) is 0 Å². The molecule has 0 aliphatic rings. The van der Waals surface area contributed by atoms with Crippen molar-refractivity contribution >= 4 is 0 Å². The molecule has 13 heavy (non-hydrogen) atoms. The van der Waals surface area contributed by atoms with Crippen LogP contribution in [-0.4, -0.2) is 19.0 Å². The summed E-state index contributed by atoms with van der Waals surface area (Å²) < 4.78 is 75.4. The van der Waals surface area contributed by atoms with E-state index in [1.165, 1.54) is 0 Å². The van der Waals surface area contributed by atoms with Crippen LogP contribution in [-0.2, 0) is 4.74 Å². The molecule has 1 radical (unpaired) electrons. The van der Waals surface area contributed by atoms with Crippen molar-refractivity contribution < 1.29 is 31.1 Å². The van der Waals surface area contributed by atoms with Gasteiger partial charge in [-0.3, -0.25) is 0 Å². The molecular weight excluding hydrogens is 202 g/mol. The number of rotatable bonds is 2. The topological polar surface area (TPSA) is 9.23 Å². The van der Waals surface area contributed by atoms with Gasteiger partial charge in [0.25, 0.3) is 0 Å². The maximum Gasteiger partial charge on any atom is 0.405 e. The first kappa shape index (κ1) is 12.5. The molecule has 0 atom stereocenters. The number of hydrogen-bond donors (Lipinski definition) is 0. The molecule has 0 heterocycles. The minimum absolute atomic E-state index is 0.0260. The van der Waals surface area contributed by atoms with Crippen molar-refractivity contribution in [1.82, 2.24) is 0 Å². The van der Waals surface area contributed by atoms with Crippen molar-refractivity contribution in [2.24, 2.45) is 5.41 Å². The fourth-order valence-corrected chi connectivity index (χ4v) is 0.529. The van der Waals surface area contributed by atoms with Crippen molar-refractivity contribution in [1.29, 1.82) is 0 Å². The highest BCUT2D eigenvalue weighted by molar-refractivity contribution is 4.89. The number of hydrogen-bond acceptors (Lipinski definition) is 1. The Morgan fingerprint density at radius 2 is 1.31 bits per heavy atom. The van der Waals surface area contributed by atoms with Crippen LogP contribution in [0.2, 0.25) is 0 Å². The molecule has 0 bridgehead atoms. The van der Waals surface area contributed by atoms with Gasteiger partial charge in [-0.2, -0.15) is 26.3 Å². The summed E-state index contributed by atoms with van der Waals surface area (Å²) in [6.07, 6.45) is -10.8. The van der Waals surface area contributed by atoms with Crippen LogP contribution in [0.4, 0.5) is 26.3 Å². The zero-order chi connectivity index (χ0) is 10.9. The normalized spacial score (nSPS) is 14.8. The Balaban J connectivity index is 4.96. The quantitative estimate of drug-likeness (QED) is 0.635. The lowest BCUT2D eigenvalue weighted by atomic mass is 9.90. The maximum absolute atomic E-state index is 12.0. The van der Waals surface area contributed by atoms with E-state index in [0.29, 0.717) is 0 Å². The van der Waals surface area contributed by atoms with E-state index < -0.39 is 24.4 Å². The Morgan fingerprint density at radius 3 is 1.38 bits per heavy atom. The van der Waals surface area contributed by atoms with Crippen LogP contribution in [0.15, 0.2) is 0 Å². The fourth-order valence-electron chi connectivity index (χ4n) is 0.529. The van der Waals surface area contributed by atoms with E-state index in [-0.39, 0.29) is 6.92 Å². The highest BCUT2D eigenvalue weighted by Crippen LogP contribution is 2.49. The van der Waals surface area contributed by atoms with E-state index >= 15 is 0 Å². The number of halogens is 6. The van der Waals surface area contributed by atoms with E-state index in [9.17, 15) is 26.3 Å². The predicted octanol–water partition coefficient (Wildman–Crippen LogP) is 2.93. The Morgan fingerprint density at radius 1 is 1.00 bits per heavy atom. The summed E-state index contributed by atoms with van der Waals surface area (Å²) in [7, 11) is 2.50. The highest BCUT2D eigenvalue weighted by atomic mass is 19.4. The van der Waals surface area contributed by atoms with Gasteiger partial charge in [0.1, 0.15) is 0 Å². The molecule has 0 saturated heterocycles. The SMILES string of the molecule is [CH2]OCC(C)(C(F)(F)F)C(F)(F)F. The smallest absolute Gasteiger partial charge is 0.378 e. The molecule has 0 amide bonds. The molecule has 0 aromatic rings. The predicted molar refractivity (Wildman–Crippen MR) is 31.5 cm³/mol. The van der Waals surface area contributed by atoms with Crippen LogP contribution in [0, 0.1) is 12.5 Å². The van der Waals surface area contributed by atoms with Crippen molar-refractivity contribution in [2.45, 2.75) is 19.3 Å². The monoisotopic (exact) mass is 209 g/mol. The minimum atomic E-state index is -5.40. The van der Waals surface area contributed by atoms with Gasteiger partial charge < -0.3 is 4.74 Å². The third-order valence-electron chi connectivity index (χ3n) is 1.64. The van der Waals surface area contributed by atoms with Gasteiger partial charge >= 0.3 is 12.4 Å². The third-order valence-corrected chi connectivity index (χ3v) is 1.64. The molecule has 0 rings (SSSR count). The summed E-state index contributed by atoms with van der Waals surface area (Å²) in [5, 5.41) is 0. The van der Waals surface area contributed by atoms with Crippen molar-refractivity contribution in [3.05, 3.63) is 7.11 Å². The maximum atomic E-state index is 12.0. The fraction of sp³-hybridized carbons (Fsp3) is 0.833. The van der Waals surface area contributed by atoms with E-state index in [2.05, 4.69) is 11.8 Å². The summed E-state index contributed by atoms with van der Waals surface area (Å²) >= 11 is 0. The molecule has 0 unspecified atom stereocenters. The summed E-state index contributed by atoms with van der Waals surface area (Å²) in [4.78, 5) is 0. The van der Waals surface area contributed by atoms with Gasteiger partial charge in [0.2, 0.25) is 0 Å². The molecule has 0 saturated carbocycles. The second kappa shape index (κ2) is 3.36. The molecule has 0 aliphatic carbocycles. The summed E-state index contributed by atoms with van der Waals surface area (Å²) in [6.45, 7) is -1.52. The summed E-state index contributed by atoms with van der Waals surface area (Å²) in [5.74, 6) is 0. The van der Waals surface area contributed by atoms with Gasteiger partial charge in [-0.25, -0.2) is 0 Å². The molecule has 0 N–H and O–H groups in total. The van der Waals surface area contributed by atoms with Crippen LogP contribution in [0.3, 0.4) is 0 Å². The minimum Gasteiger partial charge on any atom is -0.378 e. The van der Waals surface area contributed by atoms with Gasteiger partial charge in [-0.15, -0.1) is 0 Å². The van der Waals surface area contributed by atoms with Crippen LogP contribution < -0.4 is 0 Å². The standard InChI is InChI=1S/C6H7F6O/c1-4(3-13-2,5(7,8)9)6(10,11)12/h2-3H2,1H3. The lowest BCUT2D eigenvalue weighted by molar-refractivity contribution is -0.343. The summed E-state index contributed by atoms with van der Waals surface area (Å²) in [5.41, 5.74) is -3.86. The lowest BCUT2D eigenvalue weighted by Crippen LogP contribution is -2.50. The Kier molecular flexibility index (Phi) is 3.24. The molecule has 7 heteroatoms. The second-order valence-corrected chi connectivity index (χ2v) is 2.68. The van der Waals surface area contributed by atoms with Crippen molar-refractivity contribution in [3.63, 3.8) is 0 Å². The first-order valence-electron chi connectivity index (χ1n) is 3.06. The highest BCUT2D eigenvalue weighted by Gasteiger charge is 2.67. The molecule has 0 aromatic carbocycles. The van der Waals surface area contributed by atoms with Crippen LogP contribution in [0.1, 0.15) is 6.92 Å². The van der Waals surface area contributed by atoms with Crippen molar-refractivity contribution in [3.8, 4) is 0 Å². The van der Waals surface area contributed by atoms with E-state index in [4.69, 9.17) is 0 Å². The molecule has 1 nitrogen and oxygen atoms in total. The molecule has 0 fully saturated rings. The first-order chi connectivity index (χ1) is 5.56. The van der Waals surface area contributed by atoms with E-state index in [0.717, 1.165) is 0 Å². The van der Waals surface area contributed by atoms with E-state index in [1.807, 2.05) is 0 Å². The molecule has 0 spiro atoms. The second-order valence-electron chi connectivity index (χ2n) is 2.68. The van der Waals surface area contributed by atoms with Gasteiger partial charge in [-0.1, -0.05) is 0 Å². The first-order valence-corrected chi connectivity index (χ1v) is 3.06. The molecule has 79 valence electrons. The number of alkyl halides is 6. The van der Waals surface area contributed by atoms with Gasteiger partial charge in [0.05, 0.1) is 13.7 Å². The Hall–Kier alpha value is -0.460. The number of ether oxygens (including phenoxy) is 1. The van der Waals surface area contributed by atoms with Crippen LogP contribution in [0.5, 0.6) is 0 Å². The Bertz CT molecular complexity index is 155. The Labute approximate surface area is 70.7 Å². The molecule has 0 aromatic heterocycles. The zero-order valence-corrected chi connectivity index (χ0v) is 6.59. The third kappa shape index (κ3) is 2.26. The average Bonchev–Trinajstić information content (AvgIpc) is 1.82. The van der Waals surface area contributed by atoms with Gasteiger partial charge in [-0.05, 0) is 6.92 Å². The van der Waals surface area contributed by atoms with Crippen LogP contribution in [0.25, 0.3) is 0 Å². The largest absolute Gasteiger partial charge is 0.405 e. The molecular formula is C6H7F6O.